The average Bonchev–Trinajstić information content (AvgIpc) is 2.05. The van der Waals surface area contributed by atoms with Gasteiger partial charge in [0.1, 0.15) is 0 Å². The van der Waals surface area contributed by atoms with Crippen molar-refractivity contribution in [1.82, 2.24) is 0 Å². The lowest BCUT2D eigenvalue weighted by atomic mass is 9.57. The van der Waals surface area contributed by atoms with Crippen molar-refractivity contribution in [2.24, 2.45) is 23.7 Å². The van der Waals surface area contributed by atoms with Crippen molar-refractivity contribution in [3.05, 3.63) is 0 Å². The monoisotopic (exact) mass is 176 g/mol. The fraction of sp³-hybridized carbons (Fsp3) is 1.00. The Morgan fingerprint density at radius 3 is 0.750 bits per heavy atom. The minimum atomic E-state index is -0.0443. The summed E-state index contributed by atoms with van der Waals surface area (Å²) in [5.74, 6) is -0.177. The SMILES string of the molecule is OCC1C(CO)C(CO)C1CO. The Bertz CT molecular complexity index is 99.0. The molecule has 0 aromatic carbocycles. The predicted octanol–water partition coefficient (Wildman–Crippen LogP) is -1.57. The van der Waals surface area contributed by atoms with E-state index in [2.05, 4.69) is 0 Å². The highest BCUT2D eigenvalue weighted by Crippen LogP contribution is 2.44. The van der Waals surface area contributed by atoms with E-state index in [1.54, 1.807) is 0 Å². The summed E-state index contributed by atoms with van der Waals surface area (Å²) in [7, 11) is 0. The molecule has 0 spiro atoms. The number of hydrogen-bond acceptors (Lipinski definition) is 4. The zero-order valence-electron chi connectivity index (χ0n) is 6.93. The summed E-state index contributed by atoms with van der Waals surface area (Å²) in [6, 6.07) is 0. The lowest BCUT2D eigenvalue weighted by molar-refractivity contribution is -0.118. The van der Waals surface area contributed by atoms with Crippen LogP contribution in [0.4, 0.5) is 0 Å². The van der Waals surface area contributed by atoms with Crippen molar-refractivity contribution in [3.8, 4) is 0 Å². The van der Waals surface area contributed by atoms with Crippen LogP contribution in [0.15, 0.2) is 0 Å². The van der Waals surface area contributed by atoms with E-state index in [-0.39, 0.29) is 50.1 Å². The Balaban J connectivity index is 2.52. The second kappa shape index (κ2) is 4.18. The van der Waals surface area contributed by atoms with E-state index in [4.69, 9.17) is 20.4 Å². The fourth-order valence-corrected chi connectivity index (χ4v) is 2.21. The smallest absolute Gasteiger partial charge is 0.0466 e. The zero-order valence-corrected chi connectivity index (χ0v) is 6.93. The molecule has 72 valence electrons. The highest BCUT2D eigenvalue weighted by molar-refractivity contribution is 4.95. The molecule has 0 radical (unpaired) electrons. The van der Waals surface area contributed by atoms with Crippen LogP contribution in [0.25, 0.3) is 0 Å². The summed E-state index contributed by atoms with van der Waals surface area (Å²) in [6.07, 6.45) is 0. The Morgan fingerprint density at radius 2 is 0.667 bits per heavy atom. The largest absolute Gasteiger partial charge is 0.396 e. The molecule has 4 heteroatoms. The van der Waals surface area contributed by atoms with Crippen LogP contribution in [0.1, 0.15) is 0 Å². The predicted molar refractivity (Wildman–Crippen MR) is 42.3 cm³/mol. The fourth-order valence-electron chi connectivity index (χ4n) is 2.21. The topological polar surface area (TPSA) is 80.9 Å². The second-order valence-corrected chi connectivity index (χ2v) is 3.39. The summed E-state index contributed by atoms with van der Waals surface area (Å²) < 4.78 is 0. The molecule has 1 rings (SSSR count). The lowest BCUT2D eigenvalue weighted by Gasteiger charge is -2.49. The van der Waals surface area contributed by atoms with E-state index in [9.17, 15) is 0 Å². The van der Waals surface area contributed by atoms with Gasteiger partial charge in [-0.25, -0.2) is 0 Å². The summed E-state index contributed by atoms with van der Waals surface area (Å²) in [4.78, 5) is 0. The van der Waals surface area contributed by atoms with Gasteiger partial charge in [0, 0.05) is 26.4 Å². The van der Waals surface area contributed by atoms with Gasteiger partial charge < -0.3 is 20.4 Å². The summed E-state index contributed by atoms with van der Waals surface area (Å²) >= 11 is 0. The standard InChI is InChI=1S/C8H16O4/c9-1-5-6(2-10)8(4-12)7(5)3-11/h5-12H,1-4H2. The highest BCUT2D eigenvalue weighted by atomic mass is 16.3. The van der Waals surface area contributed by atoms with Gasteiger partial charge in [-0.2, -0.15) is 0 Å². The molecular weight excluding hydrogens is 160 g/mol. The quantitative estimate of drug-likeness (QED) is 0.417. The molecule has 4 nitrogen and oxygen atoms in total. The van der Waals surface area contributed by atoms with Gasteiger partial charge in [0.05, 0.1) is 0 Å². The minimum absolute atomic E-state index is 0.0209. The second-order valence-electron chi connectivity index (χ2n) is 3.39. The molecule has 0 aromatic heterocycles. The molecule has 0 saturated heterocycles. The summed E-state index contributed by atoms with van der Waals surface area (Å²) in [5, 5.41) is 35.6. The van der Waals surface area contributed by atoms with Crippen molar-refractivity contribution >= 4 is 0 Å². The van der Waals surface area contributed by atoms with Crippen LogP contribution < -0.4 is 0 Å². The maximum atomic E-state index is 8.90. The normalized spacial score (nSPS) is 41.0. The molecule has 0 amide bonds. The zero-order chi connectivity index (χ0) is 9.14. The molecule has 4 N–H and O–H groups in total. The van der Waals surface area contributed by atoms with Gasteiger partial charge in [-0.05, 0) is 23.7 Å². The first-order chi connectivity index (χ1) is 5.79. The van der Waals surface area contributed by atoms with Crippen LogP contribution in [-0.4, -0.2) is 46.9 Å². The molecule has 0 unspecified atom stereocenters. The van der Waals surface area contributed by atoms with Crippen LogP contribution in [0.5, 0.6) is 0 Å². The van der Waals surface area contributed by atoms with E-state index in [1.165, 1.54) is 0 Å². The van der Waals surface area contributed by atoms with Crippen LogP contribution in [0.3, 0.4) is 0 Å². The molecule has 0 aromatic rings. The molecule has 0 bridgehead atoms. The maximum Gasteiger partial charge on any atom is 0.0466 e. The first kappa shape index (κ1) is 9.92. The van der Waals surface area contributed by atoms with Crippen molar-refractivity contribution < 1.29 is 20.4 Å². The number of aliphatic hydroxyl groups excluding tert-OH is 4. The third-order valence-electron chi connectivity index (χ3n) is 3.04. The third kappa shape index (κ3) is 1.35. The van der Waals surface area contributed by atoms with Gasteiger partial charge >= 0.3 is 0 Å². The first-order valence-corrected chi connectivity index (χ1v) is 4.23. The minimum Gasteiger partial charge on any atom is -0.396 e. The van der Waals surface area contributed by atoms with E-state index in [1.807, 2.05) is 0 Å². The van der Waals surface area contributed by atoms with E-state index >= 15 is 0 Å². The molecule has 1 aliphatic rings. The molecule has 12 heavy (non-hydrogen) atoms. The Hall–Kier alpha value is -0.160. The average molecular weight is 176 g/mol. The van der Waals surface area contributed by atoms with Crippen LogP contribution >= 0.6 is 0 Å². The van der Waals surface area contributed by atoms with Gasteiger partial charge in [0.25, 0.3) is 0 Å². The van der Waals surface area contributed by atoms with Gasteiger partial charge in [-0.3, -0.25) is 0 Å². The van der Waals surface area contributed by atoms with E-state index in [0.717, 1.165) is 0 Å². The van der Waals surface area contributed by atoms with Crippen molar-refractivity contribution in [2.45, 2.75) is 0 Å². The van der Waals surface area contributed by atoms with Gasteiger partial charge in [0.2, 0.25) is 0 Å². The van der Waals surface area contributed by atoms with Gasteiger partial charge in [-0.15, -0.1) is 0 Å². The number of aliphatic hydroxyl groups is 4. The van der Waals surface area contributed by atoms with E-state index in [0.29, 0.717) is 0 Å². The van der Waals surface area contributed by atoms with Crippen molar-refractivity contribution in [2.75, 3.05) is 26.4 Å². The summed E-state index contributed by atoms with van der Waals surface area (Å²) in [6.45, 7) is -0.0835. The maximum absolute atomic E-state index is 8.90. The molecule has 0 aliphatic heterocycles. The third-order valence-corrected chi connectivity index (χ3v) is 3.04. The Kier molecular flexibility index (Phi) is 3.46. The molecule has 0 atom stereocenters. The summed E-state index contributed by atoms with van der Waals surface area (Å²) in [5.41, 5.74) is 0. The van der Waals surface area contributed by atoms with Gasteiger partial charge in [-0.1, -0.05) is 0 Å². The molecule has 1 aliphatic carbocycles. The highest BCUT2D eigenvalue weighted by Gasteiger charge is 2.48. The van der Waals surface area contributed by atoms with Crippen molar-refractivity contribution in [3.63, 3.8) is 0 Å². The Morgan fingerprint density at radius 1 is 0.500 bits per heavy atom. The molecular formula is C8H16O4. The molecule has 1 saturated carbocycles. The van der Waals surface area contributed by atoms with Gasteiger partial charge in [0.15, 0.2) is 0 Å². The van der Waals surface area contributed by atoms with Crippen LogP contribution in [0, 0.1) is 23.7 Å². The van der Waals surface area contributed by atoms with Crippen LogP contribution in [-0.2, 0) is 0 Å². The van der Waals surface area contributed by atoms with Crippen LogP contribution in [0.2, 0.25) is 0 Å². The number of hydrogen-bond donors (Lipinski definition) is 4. The van der Waals surface area contributed by atoms with E-state index < -0.39 is 0 Å². The Labute approximate surface area is 71.5 Å². The lowest BCUT2D eigenvalue weighted by Crippen LogP contribution is -2.53. The van der Waals surface area contributed by atoms with Crippen molar-refractivity contribution in [1.29, 1.82) is 0 Å². The molecule has 1 fully saturated rings. The molecule has 0 heterocycles. The number of rotatable bonds is 4. The first-order valence-electron chi connectivity index (χ1n) is 4.23.